The average Bonchev–Trinajstić information content (AvgIpc) is 2.21. The van der Waals surface area contributed by atoms with E-state index in [4.69, 9.17) is 10.8 Å². The molecule has 1 aromatic carbocycles. The maximum Gasteiger partial charge on any atom is 0.140 e. The SMILES string of the molecule is N#Cc1cc(CCN=[N+]=[N-])ccc1F. The van der Waals surface area contributed by atoms with Crippen molar-refractivity contribution >= 4 is 0 Å². The number of rotatable bonds is 3. The van der Waals surface area contributed by atoms with Crippen molar-refractivity contribution in [3.63, 3.8) is 0 Å². The van der Waals surface area contributed by atoms with E-state index in [-0.39, 0.29) is 5.56 Å². The zero-order chi connectivity index (χ0) is 10.4. The van der Waals surface area contributed by atoms with Crippen LogP contribution in [0.2, 0.25) is 0 Å². The molecule has 0 radical (unpaired) electrons. The fourth-order valence-electron chi connectivity index (χ4n) is 1.04. The van der Waals surface area contributed by atoms with E-state index in [1.54, 1.807) is 12.1 Å². The summed E-state index contributed by atoms with van der Waals surface area (Å²) in [6.45, 7) is 0.313. The first-order valence-corrected chi connectivity index (χ1v) is 3.97. The lowest BCUT2D eigenvalue weighted by Crippen LogP contribution is -1.91. The largest absolute Gasteiger partial charge is 0.206 e. The van der Waals surface area contributed by atoms with Gasteiger partial charge in [0.25, 0.3) is 0 Å². The molecule has 0 aliphatic carbocycles. The molecular weight excluding hydrogens is 183 g/mol. The number of benzene rings is 1. The first-order valence-electron chi connectivity index (χ1n) is 3.97. The Kier molecular flexibility index (Phi) is 3.48. The zero-order valence-corrected chi connectivity index (χ0v) is 7.31. The summed E-state index contributed by atoms with van der Waals surface area (Å²) in [5.74, 6) is -0.528. The van der Waals surface area contributed by atoms with Crippen LogP contribution in [0, 0.1) is 17.1 Å². The second-order valence-corrected chi connectivity index (χ2v) is 2.63. The lowest BCUT2D eigenvalue weighted by Gasteiger charge is -1.98. The molecule has 0 spiro atoms. The third-order valence-corrected chi connectivity index (χ3v) is 1.71. The maximum atomic E-state index is 12.9. The average molecular weight is 190 g/mol. The Balaban J connectivity index is 2.80. The molecule has 0 fully saturated rings. The second-order valence-electron chi connectivity index (χ2n) is 2.63. The molecule has 0 N–H and O–H groups in total. The summed E-state index contributed by atoms with van der Waals surface area (Å²) in [5, 5.41) is 11.9. The fourth-order valence-corrected chi connectivity index (χ4v) is 1.04. The summed E-state index contributed by atoms with van der Waals surface area (Å²) in [4.78, 5) is 2.60. The molecule has 0 aromatic heterocycles. The van der Waals surface area contributed by atoms with Crippen molar-refractivity contribution in [2.45, 2.75) is 6.42 Å². The highest BCUT2D eigenvalue weighted by molar-refractivity contribution is 5.34. The molecule has 0 heterocycles. The van der Waals surface area contributed by atoms with Gasteiger partial charge in [-0.15, -0.1) is 0 Å². The Morgan fingerprint density at radius 3 is 3.00 bits per heavy atom. The van der Waals surface area contributed by atoms with Gasteiger partial charge >= 0.3 is 0 Å². The second kappa shape index (κ2) is 4.85. The monoisotopic (exact) mass is 190 g/mol. The van der Waals surface area contributed by atoms with Crippen molar-refractivity contribution in [1.29, 1.82) is 5.26 Å². The molecule has 0 atom stereocenters. The molecular formula is C9H7FN4. The van der Waals surface area contributed by atoms with Crippen molar-refractivity contribution in [2.75, 3.05) is 6.54 Å². The summed E-state index contributed by atoms with van der Waals surface area (Å²) < 4.78 is 12.9. The molecule has 70 valence electrons. The lowest BCUT2D eigenvalue weighted by molar-refractivity contribution is 0.623. The summed E-state index contributed by atoms with van der Waals surface area (Å²) in [5.41, 5.74) is 8.84. The Bertz CT molecular complexity index is 415. The predicted octanol–water partition coefficient (Wildman–Crippen LogP) is 2.55. The van der Waals surface area contributed by atoms with Gasteiger partial charge < -0.3 is 0 Å². The van der Waals surface area contributed by atoms with Crippen LogP contribution in [0.3, 0.4) is 0 Å². The van der Waals surface area contributed by atoms with Crippen molar-refractivity contribution in [3.05, 3.63) is 45.6 Å². The van der Waals surface area contributed by atoms with E-state index in [2.05, 4.69) is 10.0 Å². The number of halogens is 1. The highest BCUT2D eigenvalue weighted by Crippen LogP contribution is 2.09. The van der Waals surface area contributed by atoms with Gasteiger partial charge in [-0.2, -0.15) is 5.26 Å². The molecule has 1 aromatic rings. The van der Waals surface area contributed by atoms with E-state index in [1.165, 1.54) is 12.1 Å². The van der Waals surface area contributed by atoms with E-state index in [1.807, 2.05) is 0 Å². The minimum absolute atomic E-state index is 0.0171. The van der Waals surface area contributed by atoms with E-state index in [0.717, 1.165) is 5.56 Å². The highest BCUT2D eigenvalue weighted by atomic mass is 19.1. The van der Waals surface area contributed by atoms with Crippen molar-refractivity contribution < 1.29 is 4.39 Å². The molecule has 0 unspecified atom stereocenters. The van der Waals surface area contributed by atoms with Crippen LogP contribution >= 0.6 is 0 Å². The first kappa shape index (κ1) is 10.0. The molecule has 0 bridgehead atoms. The Morgan fingerprint density at radius 1 is 1.57 bits per heavy atom. The zero-order valence-electron chi connectivity index (χ0n) is 7.31. The van der Waals surface area contributed by atoms with Crippen LogP contribution < -0.4 is 0 Å². The minimum atomic E-state index is -0.528. The van der Waals surface area contributed by atoms with E-state index >= 15 is 0 Å². The molecule has 4 nitrogen and oxygen atoms in total. The van der Waals surface area contributed by atoms with Gasteiger partial charge in [-0.1, -0.05) is 11.2 Å². The quantitative estimate of drug-likeness (QED) is 0.410. The highest BCUT2D eigenvalue weighted by Gasteiger charge is 2.01. The van der Waals surface area contributed by atoms with Crippen LogP contribution in [-0.2, 0) is 6.42 Å². The van der Waals surface area contributed by atoms with Gasteiger partial charge in [0.15, 0.2) is 0 Å². The first-order chi connectivity index (χ1) is 6.77. The summed E-state index contributed by atoms with van der Waals surface area (Å²) in [6, 6.07) is 6.02. The van der Waals surface area contributed by atoms with Crippen LogP contribution in [0.5, 0.6) is 0 Å². The minimum Gasteiger partial charge on any atom is -0.206 e. The van der Waals surface area contributed by atoms with Crippen LogP contribution in [0.25, 0.3) is 10.4 Å². The number of hydrogen-bond acceptors (Lipinski definition) is 2. The van der Waals surface area contributed by atoms with E-state index < -0.39 is 5.82 Å². The topological polar surface area (TPSA) is 72.5 Å². The molecule has 0 amide bonds. The fraction of sp³-hybridized carbons (Fsp3) is 0.222. The molecule has 0 aliphatic heterocycles. The molecule has 0 saturated carbocycles. The predicted molar refractivity (Wildman–Crippen MR) is 48.8 cm³/mol. The van der Waals surface area contributed by atoms with Crippen molar-refractivity contribution in [3.8, 4) is 6.07 Å². The molecule has 1 rings (SSSR count). The molecule has 14 heavy (non-hydrogen) atoms. The summed E-state index contributed by atoms with van der Waals surface area (Å²) >= 11 is 0. The normalized spacial score (nSPS) is 8.86. The summed E-state index contributed by atoms with van der Waals surface area (Å²) in [7, 11) is 0. The van der Waals surface area contributed by atoms with Crippen molar-refractivity contribution in [2.24, 2.45) is 5.11 Å². The van der Waals surface area contributed by atoms with Gasteiger partial charge in [0.2, 0.25) is 0 Å². The van der Waals surface area contributed by atoms with Gasteiger partial charge in [-0.3, -0.25) is 0 Å². The van der Waals surface area contributed by atoms with Crippen LogP contribution in [0.15, 0.2) is 23.3 Å². The number of azide groups is 1. The third kappa shape index (κ3) is 2.47. The lowest BCUT2D eigenvalue weighted by atomic mass is 10.1. The standard InChI is InChI=1S/C9H7FN4/c10-9-2-1-7(3-4-13-14-12)5-8(9)6-11/h1-2,5H,3-4H2. The van der Waals surface area contributed by atoms with Crippen LogP contribution in [0.1, 0.15) is 11.1 Å². The van der Waals surface area contributed by atoms with Gasteiger partial charge in [0.1, 0.15) is 11.9 Å². The van der Waals surface area contributed by atoms with Gasteiger partial charge in [0.05, 0.1) is 5.56 Å². The number of hydrogen-bond donors (Lipinski definition) is 0. The summed E-state index contributed by atoms with van der Waals surface area (Å²) in [6.07, 6.45) is 0.513. The molecule has 5 heteroatoms. The Labute approximate surface area is 80.2 Å². The molecule has 0 aliphatic rings. The van der Waals surface area contributed by atoms with Crippen LogP contribution in [0.4, 0.5) is 4.39 Å². The Morgan fingerprint density at radius 2 is 2.36 bits per heavy atom. The molecule has 0 saturated heterocycles. The van der Waals surface area contributed by atoms with Crippen LogP contribution in [-0.4, -0.2) is 6.54 Å². The van der Waals surface area contributed by atoms with Gasteiger partial charge in [0, 0.05) is 11.5 Å². The smallest absolute Gasteiger partial charge is 0.140 e. The Hall–Kier alpha value is -2.05. The van der Waals surface area contributed by atoms with E-state index in [0.29, 0.717) is 13.0 Å². The number of nitriles is 1. The third-order valence-electron chi connectivity index (χ3n) is 1.71. The van der Waals surface area contributed by atoms with Gasteiger partial charge in [-0.05, 0) is 29.6 Å². The van der Waals surface area contributed by atoms with Crippen molar-refractivity contribution in [1.82, 2.24) is 0 Å². The number of nitrogens with zero attached hydrogens (tertiary/aromatic N) is 4. The maximum absolute atomic E-state index is 12.9. The van der Waals surface area contributed by atoms with E-state index in [9.17, 15) is 4.39 Å². The van der Waals surface area contributed by atoms with Gasteiger partial charge in [-0.25, -0.2) is 4.39 Å².